The molecule has 0 bridgehead atoms. The molecule has 0 unspecified atom stereocenters. The molecule has 2 aromatic rings. The van der Waals surface area contributed by atoms with Crippen molar-refractivity contribution in [2.75, 3.05) is 18.5 Å². The lowest BCUT2D eigenvalue weighted by Crippen LogP contribution is -2.24. The minimum absolute atomic E-state index is 0.00741. The minimum Gasteiger partial charge on any atom is -0.482 e. The number of benzene rings is 2. The van der Waals surface area contributed by atoms with Gasteiger partial charge in [-0.05, 0) is 30.7 Å². The van der Waals surface area contributed by atoms with E-state index in [0.717, 1.165) is 6.42 Å². The Bertz CT molecular complexity index is 997. The van der Waals surface area contributed by atoms with Gasteiger partial charge in [0.1, 0.15) is 5.75 Å². The predicted molar refractivity (Wildman–Crippen MR) is 109 cm³/mol. The molecule has 0 fully saturated rings. The number of nitrogens with zero attached hydrogens (tertiary/aromatic N) is 1. The Labute approximate surface area is 173 Å². The van der Waals surface area contributed by atoms with Gasteiger partial charge in [-0.2, -0.15) is 0 Å². The highest BCUT2D eigenvalue weighted by atomic mass is 35.5. The Morgan fingerprint density at radius 3 is 2.66 bits per heavy atom. The summed E-state index contributed by atoms with van der Waals surface area (Å²) in [6.45, 7) is 1.86. The maximum Gasteiger partial charge on any atom is 0.271 e. The van der Waals surface area contributed by atoms with Crippen molar-refractivity contribution >= 4 is 38.9 Å². The maximum atomic E-state index is 12.2. The molecule has 2 N–H and O–H groups in total. The first kappa shape index (κ1) is 22.6. The molecule has 2 aromatic carbocycles. The van der Waals surface area contributed by atoms with Crippen LogP contribution in [0, 0.1) is 10.1 Å². The van der Waals surface area contributed by atoms with E-state index in [1.54, 1.807) is 0 Å². The summed E-state index contributed by atoms with van der Waals surface area (Å²) < 4.78 is 32.2. The Kier molecular flexibility index (Phi) is 7.94. The van der Waals surface area contributed by atoms with Gasteiger partial charge in [-0.1, -0.05) is 31.0 Å². The van der Waals surface area contributed by atoms with E-state index >= 15 is 0 Å². The molecule has 0 atom stereocenters. The lowest BCUT2D eigenvalue weighted by molar-refractivity contribution is -0.384. The van der Waals surface area contributed by atoms with Crippen LogP contribution >= 0.6 is 11.6 Å². The van der Waals surface area contributed by atoms with E-state index in [2.05, 4.69) is 10.0 Å². The van der Waals surface area contributed by atoms with Crippen molar-refractivity contribution < 1.29 is 22.9 Å². The van der Waals surface area contributed by atoms with Gasteiger partial charge in [-0.3, -0.25) is 14.9 Å². The summed E-state index contributed by atoms with van der Waals surface area (Å²) in [6, 6.07) is 9.39. The minimum atomic E-state index is -3.68. The molecule has 0 aliphatic rings. The maximum absolute atomic E-state index is 12.2. The molecular weight excluding hydrogens is 422 g/mol. The third kappa shape index (κ3) is 6.70. The largest absolute Gasteiger partial charge is 0.482 e. The van der Waals surface area contributed by atoms with E-state index in [1.165, 1.54) is 42.5 Å². The zero-order valence-electron chi connectivity index (χ0n) is 15.6. The molecule has 0 heterocycles. The van der Waals surface area contributed by atoms with Crippen LogP contribution in [0.2, 0.25) is 5.02 Å². The second-order valence-electron chi connectivity index (χ2n) is 5.99. The van der Waals surface area contributed by atoms with Gasteiger partial charge in [0.2, 0.25) is 10.0 Å². The first-order chi connectivity index (χ1) is 13.7. The zero-order valence-corrected chi connectivity index (χ0v) is 17.1. The summed E-state index contributed by atoms with van der Waals surface area (Å²) in [5, 5.41) is 13.3. The third-order valence-electron chi connectivity index (χ3n) is 3.74. The molecular formula is C18H20ClN3O6S. The number of nitro groups is 1. The average molecular weight is 442 g/mol. The molecule has 0 saturated carbocycles. The number of anilines is 1. The van der Waals surface area contributed by atoms with Crippen molar-refractivity contribution in [3.05, 3.63) is 57.6 Å². The fourth-order valence-electron chi connectivity index (χ4n) is 2.27. The Morgan fingerprint density at radius 2 is 2.00 bits per heavy atom. The topological polar surface area (TPSA) is 128 Å². The smallest absolute Gasteiger partial charge is 0.271 e. The van der Waals surface area contributed by atoms with Gasteiger partial charge in [0.25, 0.3) is 11.6 Å². The van der Waals surface area contributed by atoms with Gasteiger partial charge in [-0.15, -0.1) is 0 Å². The molecule has 29 heavy (non-hydrogen) atoms. The SMILES string of the molecule is CCCCNS(=O)(=O)c1ccc(OCC(=O)Nc2cccc([N+](=O)[O-])c2)c(Cl)c1. The van der Waals surface area contributed by atoms with Crippen LogP contribution in [0.25, 0.3) is 0 Å². The Hall–Kier alpha value is -2.69. The molecule has 0 spiro atoms. The molecule has 156 valence electrons. The summed E-state index contributed by atoms with van der Waals surface area (Å²) >= 11 is 6.07. The number of carbonyl (C=O) groups excluding carboxylic acids is 1. The number of halogens is 1. The standard InChI is InChI=1S/C18H20ClN3O6S/c1-2-3-9-20-29(26,27)15-7-8-17(16(19)11-15)28-12-18(23)21-13-5-4-6-14(10-13)22(24)25/h4-8,10-11,20H,2-3,9,12H2,1H3,(H,21,23). The van der Waals surface area contributed by atoms with Crippen molar-refractivity contribution in [2.24, 2.45) is 0 Å². The van der Waals surface area contributed by atoms with Crippen LogP contribution in [-0.4, -0.2) is 32.4 Å². The van der Waals surface area contributed by atoms with Crippen LogP contribution < -0.4 is 14.8 Å². The first-order valence-electron chi connectivity index (χ1n) is 8.69. The van der Waals surface area contributed by atoms with Crippen molar-refractivity contribution in [3.8, 4) is 5.75 Å². The van der Waals surface area contributed by atoms with Gasteiger partial charge in [0, 0.05) is 24.4 Å². The number of hydrogen-bond acceptors (Lipinski definition) is 6. The number of rotatable bonds is 10. The molecule has 0 saturated heterocycles. The van der Waals surface area contributed by atoms with E-state index in [4.69, 9.17) is 16.3 Å². The third-order valence-corrected chi connectivity index (χ3v) is 5.49. The van der Waals surface area contributed by atoms with Gasteiger partial charge in [0.15, 0.2) is 6.61 Å². The van der Waals surface area contributed by atoms with Gasteiger partial charge in [0.05, 0.1) is 14.8 Å². The van der Waals surface area contributed by atoms with Crippen LogP contribution in [0.3, 0.4) is 0 Å². The number of hydrogen-bond donors (Lipinski definition) is 2. The molecule has 2 rings (SSSR count). The van der Waals surface area contributed by atoms with Crippen molar-refractivity contribution in [2.45, 2.75) is 24.7 Å². The van der Waals surface area contributed by atoms with Crippen LogP contribution in [0.4, 0.5) is 11.4 Å². The second kappa shape index (κ2) is 10.2. The average Bonchev–Trinajstić information content (AvgIpc) is 2.67. The summed E-state index contributed by atoms with van der Waals surface area (Å²) in [6.07, 6.45) is 1.57. The van der Waals surface area contributed by atoms with Crippen LogP contribution in [0.1, 0.15) is 19.8 Å². The Balaban J connectivity index is 1.97. The summed E-state index contributed by atoms with van der Waals surface area (Å²) in [5.41, 5.74) is 0.0922. The summed E-state index contributed by atoms with van der Waals surface area (Å²) in [5.74, 6) is -0.423. The molecule has 9 nitrogen and oxygen atoms in total. The number of ether oxygens (including phenoxy) is 1. The highest BCUT2D eigenvalue weighted by Gasteiger charge is 2.16. The number of non-ortho nitro benzene ring substituents is 1. The molecule has 0 aliphatic carbocycles. The zero-order chi connectivity index (χ0) is 21.4. The fourth-order valence-corrected chi connectivity index (χ4v) is 3.67. The van der Waals surface area contributed by atoms with Crippen LogP contribution in [0.5, 0.6) is 5.75 Å². The van der Waals surface area contributed by atoms with E-state index in [-0.39, 0.29) is 27.0 Å². The number of amides is 1. The normalized spacial score (nSPS) is 11.1. The second-order valence-corrected chi connectivity index (χ2v) is 8.16. The summed E-state index contributed by atoms with van der Waals surface area (Å²) in [7, 11) is -3.68. The number of sulfonamides is 1. The monoisotopic (exact) mass is 441 g/mol. The van der Waals surface area contributed by atoms with E-state index in [1.807, 2.05) is 6.92 Å². The lowest BCUT2D eigenvalue weighted by Gasteiger charge is -2.11. The van der Waals surface area contributed by atoms with Crippen LogP contribution in [-0.2, 0) is 14.8 Å². The van der Waals surface area contributed by atoms with Crippen molar-refractivity contribution in [1.29, 1.82) is 0 Å². The number of carbonyl (C=O) groups is 1. The number of nitrogens with one attached hydrogen (secondary N) is 2. The highest BCUT2D eigenvalue weighted by molar-refractivity contribution is 7.89. The predicted octanol–water partition coefficient (Wildman–Crippen LogP) is 3.34. The van der Waals surface area contributed by atoms with E-state index < -0.39 is 27.5 Å². The van der Waals surface area contributed by atoms with Gasteiger partial charge < -0.3 is 10.1 Å². The fraction of sp³-hybridized carbons (Fsp3) is 0.278. The van der Waals surface area contributed by atoms with Crippen molar-refractivity contribution in [1.82, 2.24) is 4.72 Å². The number of nitro benzene ring substituents is 1. The number of unbranched alkanes of at least 4 members (excludes halogenated alkanes) is 1. The first-order valence-corrected chi connectivity index (χ1v) is 10.6. The lowest BCUT2D eigenvalue weighted by atomic mass is 10.3. The molecule has 1 amide bonds. The highest BCUT2D eigenvalue weighted by Crippen LogP contribution is 2.27. The van der Waals surface area contributed by atoms with Gasteiger partial charge >= 0.3 is 0 Å². The van der Waals surface area contributed by atoms with E-state index in [0.29, 0.717) is 13.0 Å². The summed E-state index contributed by atoms with van der Waals surface area (Å²) in [4.78, 5) is 22.2. The van der Waals surface area contributed by atoms with Crippen molar-refractivity contribution in [3.63, 3.8) is 0 Å². The quantitative estimate of drug-likeness (QED) is 0.330. The molecule has 0 aliphatic heterocycles. The van der Waals surface area contributed by atoms with Gasteiger partial charge in [-0.25, -0.2) is 13.1 Å². The molecule has 0 radical (unpaired) electrons. The van der Waals surface area contributed by atoms with Crippen LogP contribution in [0.15, 0.2) is 47.4 Å². The molecule has 0 aromatic heterocycles. The Morgan fingerprint density at radius 1 is 1.24 bits per heavy atom. The van der Waals surface area contributed by atoms with E-state index in [9.17, 15) is 23.3 Å². The molecule has 11 heteroatoms.